The molecule has 0 radical (unpaired) electrons. The van der Waals surface area contributed by atoms with Crippen molar-refractivity contribution in [3.63, 3.8) is 0 Å². The predicted octanol–water partition coefficient (Wildman–Crippen LogP) is 0.439. The fraction of sp³-hybridized carbons (Fsp3) is 0.647. The highest BCUT2D eigenvalue weighted by atomic mass is 16.5. The van der Waals surface area contributed by atoms with Gasteiger partial charge >= 0.3 is 0 Å². The molecule has 2 aliphatic rings. The quantitative estimate of drug-likeness (QED) is 0.831. The highest BCUT2D eigenvalue weighted by molar-refractivity contribution is 5.91. The molecule has 1 aromatic heterocycles. The van der Waals surface area contributed by atoms with Crippen molar-refractivity contribution in [2.45, 2.75) is 32.2 Å². The van der Waals surface area contributed by atoms with Crippen molar-refractivity contribution < 1.29 is 14.3 Å². The Morgan fingerprint density at radius 2 is 1.96 bits per heavy atom. The average Bonchev–Trinajstić information content (AvgIpc) is 3.46. The van der Waals surface area contributed by atoms with Gasteiger partial charge < -0.3 is 19.9 Å². The number of anilines is 1. The van der Waals surface area contributed by atoms with Crippen molar-refractivity contribution in [3.05, 3.63) is 12.3 Å². The number of hydrogen-bond donors (Lipinski definition) is 1. The van der Waals surface area contributed by atoms with Crippen LogP contribution in [-0.4, -0.2) is 65.5 Å². The number of rotatable bonds is 5. The maximum Gasteiger partial charge on any atom is 0.248 e. The standard InChI is InChI=1S/C17H25N5O3/c1-12(23)20-17(2,13-4-5-13)15(24)21-8-10-22(11-9-21)16-18-7-6-14(19-16)25-3/h6-7,13H,4-5,8-11H2,1-3H3,(H,20,23). The Balaban J connectivity index is 1.64. The fourth-order valence-electron chi connectivity index (χ4n) is 3.39. The Kier molecular flexibility index (Phi) is 4.78. The van der Waals surface area contributed by atoms with Gasteiger partial charge in [0.2, 0.25) is 23.6 Å². The van der Waals surface area contributed by atoms with Crippen LogP contribution in [0.15, 0.2) is 12.3 Å². The van der Waals surface area contributed by atoms with E-state index in [9.17, 15) is 9.59 Å². The molecule has 8 nitrogen and oxygen atoms in total. The molecule has 1 aromatic rings. The molecule has 1 aliphatic heterocycles. The van der Waals surface area contributed by atoms with E-state index in [1.165, 1.54) is 6.92 Å². The minimum Gasteiger partial charge on any atom is -0.481 e. The van der Waals surface area contributed by atoms with Crippen LogP contribution < -0.4 is 15.0 Å². The third kappa shape index (κ3) is 3.67. The first-order valence-electron chi connectivity index (χ1n) is 8.64. The summed E-state index contributed by atoms with van der Waals surface area (Å²) in [5, 5.41) is 2.89. The summed E-state index contributed by atoms with van der Waals surface area (Å²) < 4.78 is 5.14. The van der Waals surface area contributed by atoms with Crippen LogP contribution in [0.2, 0.25) is 0 Å². The van der Waals surface area contributed by atoms with Crippen LogP contribution in [0.3, 0.4) is 0 Å². The van der Waals surface area contributed by atoms with Crippen LogP contribution >= 0.6 is 0 Å². The van der Waals surface area contributed by atoms with Crippen molar-refractivity contribution in [1.29, 1.82) is 0 Å². The molecule has 1 atom stereocenters. The van der Waals surface area contributed by atoms with Crippen molar-refractivity contribution in [2.24, 2.45) is 5.92 Å². The second-order valence-electron chi connectivity index (χ2n) is 6.84. The number of amides is 2. The first-order valence-corrected chi connectivity index (χ1v) is 8.64. The lowest BCUT2D eigenvalue weighted by Gasteiger charge is -2.40. The summed E-state index contributed by atoms with van der Waals surface area (Å²) in [5.41, 5.74) is -0.791. The van der Waals surface area contributed by atoms with E-state index in [2.05, 4.69) is 15.3 Å². The molecule has 1 N–H and O–H groups in total. The van der Waals surface area contributed by atoms with Crippen LogP contribution in [0.5, 0.6) is 5.88 Å². The van der Waals surface area contributed by atoms with Gasteiger partial charge in [-0.15, -0.1) is 0 Å². The summed E-state index contributed by atoms with van der Waals surface area (Å²) in [6.45, 7) is 5.79. The van der Waals surface area contributed by atoms with Crippen LogP contribution in [0.25, 0.3) is 0 Å². The summed E-state index contributed by atoms with van der Waals surface area (Å²) in [6.07, 6.45) is 3.64. The van der Waals surface area contributed by atoms with Crippen molar-refractivity contribution in [3.8, 4) is 5.88 Å². The van der Waals surface area contributed by atoms with Crippen molar-refractivity contribution in [2.75, 3.05) is 38.2 Å². The smallest absolute Gasteiger partial charge is 0.248 e. The lowest BCUT2D eigenvalue weighted by Crippen LogP contribution is -2.62. The second-order valence-corrected chi connectivity index (χ2v) is 6.84. The maximum absolute atomic E-state index is 13.0. The summed E-state index contributed by atoms with van der Waals surface area (Å²) in [7, 11) is 1.57. The zero-order valence-corrected chi connectivity index (χ0v) is 15.0. The van der Waals surface area contributed by atoms with E-state index < -0.39 is 5.54 Å². The molecule has 8 heteroatoms. The molecule has 1 saturated heterocycles. The van der Waals surface area contributed by atoms with Crippen LogP contribution in [0, 0.1) is 5.92 Å². The third-order valence-corrected chi connectivity index (χ3v) is 4.95. The number of methoxy groups -OCH3 is 1. The zero-order chi connectivity index (χ0) is 18.0. The molecule has 2 amide bonds. The molecule has 0 aromatic carbocycles. The first-order chi connectivity index (χ1) is 11.9. The molecule has 136 valence electrons. The lowest BCUT2D eigenvalue weighted by molar-refractivity contribution is -0.142. The van der Waals surface area contributed by atoms with Gasteiger partial charge in [0, 0.05) is 45.4 Å². The van der Waals surface area contributed by atoms with E-state index in [1.54, 1.807) is 19.4 Å². The van der Waals surface area contributed by atoms with Gasteiger partial charge in [-0.3, -0.25) is 9.59 Å². The average molecular weight is 347 g/mol. The van der Waals surface area contributed by atoms with E-state index >= 15 is 0 Å². The Labute approximate surface area is 147 Å². The highest BCUT2D eigenvalue weighted by Crippen LogP contribution is 2.40. The van der Waals surface area contributed by atoms with Crippen LogP contribution in [-0.2, 0) is 9.59 Å². The van der Waals surface area contributed by atoms with Crippen molar-refractivity contribution >= 4 is 17.8 Å². The highest BCUT2D eigenvalue weighted by Gasteiger charge is 2.49. The Hall–Kier alpha value is -2.38. The van der Waals surface area contributed by atoms with E-state index in [0.29, 0.717) is 38.0 Å². The lowest BCUT2D eigenvalue weighted by atomic mass is 9.93. The normalized spacial score (nSPS) is 20.0. The molecular formula is C17H25N5O3. The van der Waals surface area contributed by atoms with Gasteiger partial charge in [-0.2, -0.15) is 4.98 Å². The van der Waals surface area contributed by atoms with Gasteiger partial charge in [0.1, 0.15) is 5.54 Å². The van der Waals surface area contributed by atoms with Gasteiger partial charge in [0.25, 0.3) is 0 Å². The zero-order valence-electron chi connectivity index (χ0n) is 15.0. The molecular weight excluding hydrogens is 322 g/mol. The SMILES string of the molecule is COc1ccnc(N2CCN(C(=O)C(C)(NC(C)=O)C3CC3)CC2)n1. The minimum atomic E-state index is -0.791. The second kappa shape index (κ2) is 6.85. The summed E-state index contributed by atoms with van der Waals surface area (Å²) in [4.78, 5) is 37.1. The number of ether oxygens (including phenoxy) is 1. The van der Waals surface area contributed by atoms with Crippen LogP contribution in [0.1, 0.15) is 26.7 Å². The first kappa shape index (κ1) is 17.4. The fourth-order valence-corrected chi connectivity index (χ4v) is 3.39. The molecule has 2 heterocycles. The minimum absolute atomic E-state index is 0.0106. The van der Waals surface area contributed by atoms with E-state index in [0.717, 1.165) is 12.8 Å². The molecule has 0 spiro atoms. The van der Waals surface area contributed by atoms with Gasteiger partial charge in [-0.25, -0.2) is 4.98 Å². The molecule has 2 fully saturated rings. The summed E-state index contributed by atoms with van der Waals surface area (Å²) in [5.74, 6) is 1.22. The number of carbonyl (C=O) groups excluding carboxylic acids is 2. The molecule has 0 bridgehead atoms. The molecule has 1 aliphatic carbocycles. The van der Waals surface area contributed by atoms with Gasteiger partial charge in [-0.05, 0) is 25.7 Å². The number of hydrogen-bond acceptors (Lipinski definition) is 6. The number of aromatic nitrogens is 2. The topological polar surface area (TPSA) is 87.7 Å². The van der Waals surface area contributed by atoms with E-state index in [-0.39, 0.29) is 17.7 Å². The Bertz CT molecular complexity index is 655. The summed E-state index contributed by atoms with van der Waals surface area (Å²) in [6, 6.07) is 1.71. The Morgan fingerprint density at radius 1 is 1.28 bits per heavy atom. The number of nitrogens with one attached hydrogen (secondary N) is 1. The van der Waals surface area contributed by atoms with Gasteiger partial charge in [-0.1, -0.05) is 0 Å². The van der Waals surface area contributed by atoms with Gasteiger partial charge in [0.15, 0.2) is 0 Å². The largest absolute Gasteiger partial charge is 0.481 e. The van der Waals surface area contributed by atoms with E-state index in [4.69, 9.17) is 4.74 Å². The number of carbonyl (C=O) groups is 2. The maximum atomic E-state index is 13.0. The Morgan fingerprint density at radius 3 is 2.52 bits per heavy atom. The monoisotopic (exact) mass is 347 g/mol. The van der Waals surface area contributed by atoms with Gasteiger partial charge in [0.05, 0.1) is 7.11 Å². The third-order valence-electron chi connectivity index (χ3n) is 4.95. The summed E-state index contributed by atoms with van der Waals surface area (Å²) >= 11 is 0. The molecule has 1 saturated carbocycles. The predicted molar refractivity (Wildman–Crippen MR) is 92.3 cm³/mol. The number of piperazine rings is 1. The number of nitrogens with zero attached hydrogens (tertiary/aromatic N) is 4. The van der Waals surface area contributed by atoms with Crippen LogP contribution in [0.4, 0.5) is 5.95 Å². The van der Waals surface area contributed by atoms with E-state index in [1.807, 2.05) is 16.7 Å². The molecule has 1 unspecified atom stereocenters. The molecule has 3 rings (SSSR count). The molecule has 25 heavy (non-hydrogen) atoms. The van der Waals surface area contributed by atoms with Crippen molar-refractivity contribution in [1.82, 2.24) is 20.2 Å².